The lowest BCUT2D eigenvalue weighted by Crippen LogP contribution is -2.56. The second-order valence-electron chi connectivity index (χ2n) is 4.28. The van der Waals surface area contributed by atoms with Crippen LogP contribution in [-0.2, 0) is 5.60 Å². The second-order valence-corrected chi connectivity index (χ2v) is 4.28. The quantitative estimate of drug-likeness (QED) is 0.763. The van der Waals surface area contributed by atoms with E-state index >= 15 is 0 Å². The maximum absolute atomic E-state index is 10.2. The highest BCUT2D eigenvalue weighted by Crippen LogP contribution is 2.31. The second kappa shape index (κ2) is 3.51. The monoisotopic (exact) mass is 207 g/mol. The average molecular weight is 207 g/mol. The average Bonchev–Trinajstić information content (AvgIpc) is 2.13. The van der Waals surface area contributed by atoms with E-state index in [2.05, 4.69) is 5.32 Å². The molecule has 1 fully saturated rings. The van der Waals surface area contributed by atoms with Gasteiger partial charge in [0, 0.05) is 13.1 Å². The molecule has 1 saturated heterocycles. The maximum Gasteiger partial charge on any atom is 0.124 e. The molecule has 1 heterocycles. The van der Waals surface area contributed by atoms with Gasteiger partial charge in [0.05, 0.1) is 7.11 Å². The molecule has 0 unspecified atom stereocenters. The van der Waals surface area contributed by atoms with Gasteiger partial charge < -0.3 is 15.2 Å². The maximum atomic E-state index is 10.2. The summed E-state index contributed by atoms with van der Waals surface area (Å²) < 4.78 is 5.30. The first-order chi connectivity index (χ1) is 7.07. The van der Waals surface area contributed by atoms with Crippen LogP contribution in [0.2, 0.25) is 0 Å². The van der Waals surface area contributed by atoms with Crippen molar-refractivity contribution in [3.8, 4) is 5.75 Å². The third kappa shape index (κ3) is 1.62. The Morgan fingerprint density at radius 3 is 2.13 bits per heavy atom. The Labute approximate surface area is 90.1 Å². The van der Waals surface area contributed by atoms with Crippen molar-refractivity contribution in [2.75, 3.05) is 20.2 Å². The fourth-order valence-corrected chi connectivity index (χ4v) is 2.11. The molecule has 1 aromatic carbocycles. The van der Waals surface area contributed by atoms with Crippen LogP contribution in [0.3, 0.4) is 0 Å². The van der Waals surface area contributed by atoms with Crippen molar-refractivity contribution >= 4 is 0 Å². The van der Waals surface area contributed by atoms with E-state index in [-0.39, 0.29) is 0 Å². The predicted molar refractivity (Wildman–Crippen MR) is 59.2 cm³/mol. The van der Waals surface area contributed by atoms with Crippen LogP contribution in [0.25, 0.3) is 0 Å². The molecule has 0 aromatic heterocycles. The van der Waals surface area contributed by atoms with Crippen molar-refractivity contribution in [1.82, 2.24) is 5.32 Å². The Bertz CT molecular complexity index is 360. The zero-order valence-electron chi connectivity index (χ0n) is 9.42. The molecule has 2 N–H and O–H groups in total. The third-order valence-electron chi connectivity index (χ3n) is 3.04. The number of rotatable bonds is 2. The first-order valence-electron chi connectivity index (χ1n) is 5.15. The predicted octanol–water partition coefficient (Wildman–Crippen LogP) is 1.10. The highest BCUT2D eigenvalue weighted by molar-refractivity contribution is 5.45. The van der Waals surface area contributed by atoms with Crippen LogP contribution in [0.15, 0.2) is 12.1 Å². The Morgan fingerprint density at radius 1 is 1.27 bits per heavy atom. The van der Waals surface area contributed by atoms with Crippen LogP contribution in [0.4, 0.5) is 0 Å². The van der Waals surface area contributed by atoms with Gasteiger partial charge in [0.2, 0.25) is 0 Å². The molecule has 0 saturated carbocycles. The summed E-state index contributed by atoms with van der Waals surface area (Å²) in [6.45, 7) is 5.28. The molecule has 0 amide bonds. The van der Waals surface area contributed by atoms with Crippen molar-refractivity contribution < 1.29 is 9.84 Å². The summed E-state index contributed by atoms with van der Waals surface area (Å²) >= 11 is 0. The molecule has 2 rings (SSSR count). The number of nitrogens with one attached hydrogen (secondary N) is 1. The minimum Gasteiger partial charge on any atom is -0.496 e. The number of methoxy groups -OCH3 is 1. The van der Waals surface area contributed by atoms with Crippen LogP contribution in [-0.4, -0.2) is 25.3 Å². The molecule has 15 heavy (non-hydrogen) atoms. The third-order valence-corrected chi connectivity index (χ3v) is 3.04. The van der Waals surface area contributed by atoms with E-state index in [1.54, 1.807) is 7.11 Å². The van der Waals surface area contributed by atoms with Crippen LogP contribution in [0, 0.1) is 13.8 Å². The van der Waals surface area contributed by atoms with Crippen LogP contribution < -0.4 is 10.1 Å². The lowest BCUT2D eigenvalue weighted by atomic mass is 9.86. The Kier molecular flexibility index (Phi) is 2.44. The first kappa shape index (κ1) is 10.5. The minimum absolute atomic E-state index is 0.637. The summed E-state index contributed by atoms with van der Waals surface area (Å²) in [5.74, 6) is 0.912. The highest BCUT2D eigenvalue weighted by Gasteiger charge is 2.36. The SMILES string of the molecule is COc1c(C)cc(C2(O)CNC2)cc1C. The Morgan fingerprint density at radius 2 is 1.80 bits per heavy atom. The van der Waals surface area contributed by atoms with Gasteiger partial charge in [0.15, 0.2) is 0 Å². The molecule has 0 atom stereocenters. The summed E-state index contributed by atoms with van der Waals surface area (Å²) in [7, 11) is 1.68. The van der Waals surface area contributed by atoms with E-state index in [1.165, 1.54) is 0 Å². The summed E-state index contributed by atoms with van der Waals surface area (Å²) in [5, 5.41) is 13.3. The van der Waals surface area contributed by atoms with Gasteiger partial charge in [-0.3, -0.25) is 0 Å². The molecule has 0 bridgehead atoms. The Hall–Kier alpha value is -1.06. The smallest absolute Gasteiger partial charge is 0.124 e. The van der Waals surface area contributed by atoms with E-state index in [1.807, 2.05) is 26.0 Å². The van der Waals surface area contributed by atoms with E-state index < -0.39 is 5.60 Å². The summed E-state index contributed by atoms with van der Waals surface area (Å²) in [5.41, 5.74) is 2.46. The molecular weight excluding hydrogens is 190 g/mol. The molecule has 0 radical (unpaired) electrons. The van der Waals surface area contributed by atoms with Gasteiger partial charge in [-0.05, 0) is 42.7 Å². The fraction of sp³-hybridized carbons (Fsp3) is 0.500. The zero-order chi connectivity index (χ0) is 11.1. The molecule has 3 nitrogen and oxygen atoms in total. The molecule has 1 aliphatic rings. The van der Waals surface area contributed by atoms with E-state index in [0.29, 0.717) is 13.1 Å². The van der Waals surface area contributed by atoms with Gasteiger partial charge in [0.25, 0.3) is 0 Å². The number of hydrogen-bond acceptors (Lipinski definition) is 3. The van der Waals surface area contributed by atoms with E-state index in [4.69, 9.17) is 4.74 Å². The molecule has 1 aromatic rings. The molecule has 3 heteroatoms. The van der Waals surface area contributed by atoms with E-state index in [0.717, 1.165) is 22.4 Å². The van der Waals surface area contributed by atoms with Gasteiger partial charge in [-0.1, -0.05) is 0 Å². The van der Waals surface area contributed by atoms with Crippen LogP contribution in [0.5, 0.6) is 5.75 Å². The van der Waals surface area contributed by atoms with Crippen molar-refractivity contribution in [3.63, 3.8) is 0 Å². The molecular formula is C12H17NO2. The van der Waals surface area contributed by atoms with Gasteiger partial charge in [0.1, 0.15) is 11.4 Å². The number of aliphatic hydroxyl groups is 1. The van der Waals surface area contributed by atoms with Gasteiger partial charge >= 0.3 is 0 Å². The van der Waals surface area contributed by atoms with Gasteiger partial charge in [-0.25, -0.2) is 0 Å². The standard InChI is InChI=1S/C12H17NO2/c1-8-4-10(12(14)6-13-7-12)5-9(2)11(8)15-3/h4-5,13-14H,6-7H2,1-3H3. The normalized spacial score (nSPS) is 18.4. The van der Waals surface area contributed by atoms with Crippen LogP contribution in [0.1, 0.15) is 16.7 Å². The number of β-amino-alcohol motifs (C(OH)–C–C–N with tert-alkyl or cyclic N) is 1. The Balaban J connectivity index is 2.43. The fourth-order valence-electron chi connectivity index (χ4n) is 2.11. The van der Waals surface area contributed by atoms with Crippen molar-refractivity contribution in [2.24, 2.45) is 0 Å². The van der Waals surface area contributed by atoms with Gasteiger partial charge in [-0.2, -0.15) is 0 Å². The zero-order valence-corrected chi connectivity index (χ0v) is 9.42. The summed E-state index contributed by atoms with van der Waals surface area (Å²) in [4.78, 5) is 0. The highest BCUT2D eigenvalue weighted by atomic mass is 16.5. The van der Waals surface area contributed by atoms with Crippen molar-refractivity contribution in [1.29, 1.82) is 0 Å². The van der Waals surface area contributed by atoms with Crippen molar-refractivity contribution in [2.45, 2.75) is 19.4 Å². The molecule has 82 valence electrons. The number of aryl methyl sites for hydroxylation is 2. The van der Waals surface area contributed by atoms with Crippen molar-refractivity contribution in [3.05, 3.63) is 28.8 Å². The number of hydrogen-bond donors (Lipinski definition) is 2. The lowest BCUT2D eigenvalue weighted by molar-refractivity contribution is -0.0147. The summed E-state index contributed by atoms with van der Waals surface area (Å²) in [6, 6.07) is 4.01. The number of benzene rings is 1. The first-order valence-corrected chi connectivity index (χ1v) is 5.15. The minimum atomic E-state index is -0.679. The van der Waals surface area contributed by atoms with Gasteiger partial charge in [-0.15, -0.1) is 0 Å². The number of ether oxygens (including phenoxy) is 1. The molecule has 0 spiro atoms. The van der Waals surface area contributed by atoms with Crippen LogP contribution >= 0.6 is 0 Å². The van der Waals surface area contributed by atoms with E-state index in [9.17, 15) is 5.11 Å². The largest absolute Gasteiger partial charge is 0.496 e. The topological polar surface area (TPSA) is 41.5 Å². The lowest BCUT2D eigenvalue weighted by Gasteiger charge is -2.38. The molecule has 1 aliphatic heterocycles. The summed E-state index contributed by atoms with van der Waals surface area (Å²) in [6.07, 6.45) is 0. The molecule has 0 aliphatic carbocycles.